The van der Waals surface area contributed by atoms with E-state index >= 15 is 0 Å². The molecule has 5 nitrogen and oxygen atoms in total. The summed E-state index contributed by atoms with van der Waals surface area (Å²) in [6.45, 7) is 3.91. The SMILES string of the molecule is CC.COC(=O)c1cccc(Oc2cc(CN)cc(C(F)(F)F)n2)c1.S. The van der Waals surface area contributed by atoms with Crippen molar-refractivity contribution in [3.8, 4) is 11.6 Å². The van der Waals surface area contributed by atoms with Crippen molar-refractivity contribution in [3.63, 3.8) is 0 Å². The van der Waals surface area contributed by atoms with Gasteiger partial charge in [-0.15, -0.1) is 0 Å². The predicted molar refractivity (Wildman–Crippen MR) is 96.7 cm³/mol. The topological polar surface area (TPSA) is 74.4 Å². The van der Waals surface area contributed by atoms with Gasteiger partial charge in [0.05, 0.1) is 12.7 Å². The van der Waals surface area contributed by atoms with Gasteiger partial charge >= 0.3 is 12.1 Å². The third-order valence-corrected chi connectivity index (χ3v) is 2.87. The van der Waals surface area contributed by atoms with E-state index < -0.39 is 17.8 Å². The quantitative estimate of drug-likeness (QED) is 0.789. The normalized spacial score (nSPS) is 10.1. The highest BCUT2D eigenvalue weighted by Gasteiger charge is 2.33. The fraction of sp³-hybridized carbons (Fsp3) is 0.294. The number of rotatable bonds is 4. The molecular formula is C17H21F3N2O3S. The predicted octanol–water partition coefficient (Wildman–Crippen LogP) is 4.28. The number of ether oxygens (including phenoxy) is 2. The number of esters is 1. The molecule has 0 unspecified atom stereocenters. The van der Waals surface area contributed by atoms with Crippen LogP contribution in [0.25, 0.3) is 0 Å². The molecule has 2 aromatic rings. The van der Waals surface area contributed by atoms with Gasteiger partial charge in [0, 0.05) is 12.6 Å². The van der Waals surface area contributed by atoms with Crippen LogP contribution in [0, 0.1) is 0 Å². The third kappa shape index (κ3) is 6.57. The number of carbonyl (C=O) groups is 1. The number of pyridine rings is 1. The molecule has 0 aliphatic rings. The summed E-state index contributed by atoms with van der Waals surface area (Å²) >= 11 is 0. The molecule has 0 saturated carbocycles. The highest BCUT2D eigenvalue weighted by molar-refractivity contribution is 7.59. The van der Waals surface area contributed by atoms with Crippen molar-refractivity contribution in [2.24, 2.45) is 5.73 Å². The molecule has 9 heteroatoms. The van der Waals surface area contributed by atoms with Crippen molar-refractivity contribution < 1.29 is 27.4 Å². The van der Waals surface area contributed by atoms with Crippen molar-refractivity contribution in [3.05, 3.63) is 53.2 Å². The Labute approximate surface area is 156 Å². The van der Waals surface area contributed by atoms with E-state index in [0.717, 1.165) is 6.07 Å². The number of methoxy groups -OCH3 is 1. The first-order valence-electron chi connectivity index (χ1n) is 7.48. The standard InChI is InChI=1S/C15H13F3N2O3.C2H6.H2S/c1-22-14(21)10-3-2-4-11(7-10)23-13-6-9(8-19)5-12(20-13)15(16,17)18;1-2;/h2-7H,8,19H2,1H3;1-2H3;1H2. The number of hydrogen-bond donors (Lipinski definition) is 1. The number of aromatic nitrogens is 1. The van der Waals surface area contributed by atoms with Crippen LogP contribution in [0.3, 0.4) is 0 Å². The van der Waals surface area contributed by atoms with Crippen molar-refractivity contribution in [2.45, 2.75) is 26.6 Å². The van der Waals surface area contributed by atoms with Crippen molar-refractivity contribution in [1.29, 1.82) is 0 Å². The molecule has 2 rings (SSSR count). The molecule has 0 saturated heterocycles. The molecule has 0 aliphatic carbocycles. The molecule has 0 fully saturated rings. The first-order chi connectivity index (χ1) is 11.8. The zero-order valence-electron chi connectivity index (χ0n) is 14.6. The highest BCUT2D eigenvalue weighted by Crippen LogP contribution is 2.31. The van der Waals surface area contributed by atoms with E-state index in [1.807, 2.05) is 13.8 Å². The van der Waals surface area contributed by atoms with Gasteiger partial charge in [0.15, 0.2) is 0 Å². The zero-order valence-corrected chi connectivity index (χ0v) is 15.6. The van der Waals surface area contributed by atoms with Crippen LogP contribution in [0.1, 0.15) is 35.5 Å². The Kier molecular flexibility index (Phi) is 9.74. The summed E-state index contributed by atoms with van der Waals surface area (Å²) in [6.07, 6.45) is -4.61. The Bertz CT molecular complexity index is 725. The van der Waals surface area contributed by atoms with E-state index in [4.69, 9.17) is 10.5 Å². The fourth-order valence-corrected chi connectivity index (χ4v) is 1.80. The number of halogens is 3. The van der Waals surface area contributed by atoms with E-state index in [1.165, 1.54) is 37.4 Å². The van der Waals surface area contributed by atoms with Gasteiger partial charge in [-0.25, -0.2) is 9.78 Å². The molecule has 0 atom stereocenters. The summed E-state index contributed by atoms with van der Waals surface area (Å²) in [5.74, 6) is -0.694. The summed E-state index contributed by atoms with van der Waals surface area (Å²) < 4.78 is 48.3. The minimum absolute atomic E-state index is 0. The van der Waals surface area contributed by atoms with Crippen LogP contribution < -0.4 is 10.5 Å². The molecule has 2 N–H and O–H groups in total. The lowest BCUT2D eigenvalue weighted by atomic mass is 10.2. The second kappa shape index (κ2) is 10.7. The van der Waals surface area contributed by atoms with E-state index in [9.17, 15) is 18.0 Å². The smallest absolute Gasteiger partial charge is 0.433 e. The lowest BCUT2D eigenvalue weighted by Crippen LogP contribution is -2.10. The maximum absolute atomic E-state index is 12.8. The van der Waals surface area contributed by atoms with Crippen molar-refractivity contribution in [1.82, 2.24) is 4.98 Å². The zero-order chi connectivity index (χ0) is 19.0. The van der Waals surface area contributed by atoms with Crippen LogP contribution in [-0.4, -0.2) is 18.1 Å². The molecule has 0 spiro atoms. The highest BCUT2D eigenvalue weighted by atomic mass is 32.1. The Balaban J connectivity index is 0.00000201. The number of nitrogens with zero attached hydrogens (tertiary/aromatic N) is 1. The van der Waals surface area contributed by atoms with E-state index in [0.29, 0.717) is 0 Å². The van der Waals surface area contributed by atoms with Gasteiger partial charge in [0.25, 0.3) is 0 Å². The third-order valence-electron chi connectivity index (χ3n) is 2.87. The lowest BCUT2D eigenvalue weighted by molar-refractivity contribution is -0.141. The van der Waals surface area contributed by atoms with Gasteiger partial charge in [0.2, 0.25) is 5.88 Å². The average molecular weight is 390 g/mol. The molecule has 0 aliphatic heterocycles. The number of carbonyl (C=O) groups excluding carboxylic acids is 1. The van der Waals surface area contributed by atoms with Crippen LogP contribution in [0.15, 0.2) is 36.4 Å². The Morgan fingerprint density at radius 3 is 2.38 bits per heavy atom. The Hall–Kier alpha value is -2.26. The second-order valence-corrected chi connectivity index (χ2v) is 4.52. The summed E-state index contributed by atoms with van der Waals surface area (Å²) in [5, 5.41) is 0. The van der Waals surface area contributed by atoms with Crippen LogP contribution in [0.5, 0.6) is 11.6 Å². The van der Waals surface area contributed by atoms with E-state index in [-0.39, 0.29) is 42.8 Å². The van der Waals surface area contributed by atoms with Crippen LogP contribution in [-0.2, 0) is 17.5 Å². The maximum atomic E-state index is 12.8. The average Bonchev–Trinajstić information content (AvgIpc) is 2.62. The maximum Gasteiger partial charge on any atom is 0.433 e. The summed E-state index contributed by atoms with van der Waals surface area (Å²) in [7, 11) is 1.22. The molecular weight excluding hydrogens is 369 g/mol. The molecule has 1 aromatic heterocycles. The molecule has 0 radical (unpaired) electrons. The Morgan fingerprint density at radius 2 is 1.85 bits per heavy atom. The lowest BCUT2D eigenvalue weighted by Gasteiger charge is -2.11. The van der Waals surface area contributed by atoms with Gasteiger partial charge < -0.3 is 15.2 Å². The van der Waals surface area contributed by atoms with Gasteiger partial charge in [0.1, 0.15) is 11.4 Å². The number of hydrogen-bond acceptors (Lipinski definition) is 5. The van der Waals surface area contributed by atoms with Crippen molar-refractivity contribution >= 4 is 19.5 Å². The molecule has 1 aromatic carbocycles. The fourth-order valence-electron chi connectivity index (χ4n) is 1.80. The molecule has 0 bridgehead atoms. The summed E-state index contributed by atoms with van der Waals surface area (Å²) in [5.41, 5.74) is 4.73. The number of alkyl halides is 3. The summed E-state index contributed by atoms with van der Waals surface area (Å²) in [4.78, 5) is 14.9. The van der Waals surface area contributed by atoms with Gasteiger partial charge in [-0.05, 0) is 29.8 Å². The molecule has 1 heterocycles. The first-order valence-corrected chi connectivity index (χ1v) is 7.48. The minimum Gasteiger partial charge on any atom is -0.465 e. The Morgan fingerprint density at radius 1 is 1.19 bits per heavy atom. The van der Waals surface area contributed by atoms with Gasteiger partial charge in [-0.3, -0.25) is 0 Å². The molecule has 26 heavy (non-hydrogen) atoms. The largest absolute Gasteiger partial charge is 0.465 e. The minimum atomic E-state index is -4.61. The van der Waals surface area contributed by atoms with Gasteiger partial charge in [-0.1, -0.05) is 19.9 Å². The molecule has 144 valence electrons. The van der Waals surface area contributed by atoms with Crippen LogP contribution in [0.4, 0.5) is 13.2 Å². The summed E-state index contributed by atoms with van der Waals surface area (Å²) in [6, 6.07) is 7.99. The number of nitrogens with two attached hydrogens (primary N) is 1. The molecule has 0 amide bonds. The second-order valence-electron chi connectivity index (χ2n) is 4.52. The van der Waals surface area contributed by atoms with Crippen LogP contribution >= 0.6 is 13.5 Å². The number of benzene rings is 1. The van der Waals surface area contributed by atoms with Gasteiger partial charge in [-0.2, -0.15) is 26.7 Å². The van der Waals surface area contributed by atoms with Crippen LogP contribution in [0.2, 0.25) is 0 Å². The van der Waals surface area contributed by atoms with E-state index in [1.54, 1.807) is 0 Å². The van der Waals surface area contributed by atoms with E-state index in [2.05, 4.69) is 9.72 Å². The first kappa shape index (κ1) is 23.7. The van der Waals surface area contributed by atoms with Crippen molar-refractivity contribution in [2.75, 3.05) is 7.11 Å². The monoisotopic (exact) mass is 390 g/mol.